The summed E-state index contributed by atoms with van der Waals surface area (Å²) in [6.07, 6.45) is 1.52. The largest absolute Gasteiger partial charge is 0.507 e. The predicted molar refractivity (Wildman–Crippen MR) is 118 cm³/mol. The van der Waals surface area contributed by atoms with Gasteiger partial charge in [0, 0.05) is 28.5 Å². The number of phenolic OH excluding ortho intramolecular Hbond substituents is 1. The Balaban J connectivity index is 1.59. The minimum atomic E-state index is -1.05. The number of urea groups is 1. The highest BCUT2D eigenvalue weighted by Crippen LogP contribution is 2.33. The molecule has 0 spiro atoms. The van der Waals surface area contributed by atoms with Crippen molar-refractivity contribution in [2.45, 2.75) is 0 Å². The fourth-order valence-corrected chi connectivity index (χ4v) is 3.28. The number of carboxylic acid groups (broad SMARTS) is 1. The van der Waals surface area contributed by atoms with Crippen LogP contribution in [-0.4, -0.2) is 27.2 Å². The zero-order valence-electron chi connectivity index (χ0n) is 16.0. The molecule has 3 aromatic carbocycles. The molecule has 0 aliphatic rings. The number of fused-ring (bicyclic) bond motifs is 1. The van der Waals surface area contributed by atoms with Crippen LogP contribution in [0.15, 0.2) is 77.7 Å². The summed E-state index contributed by atoms with van der Waals surface area (Å²) in [5.74, 6) is -1.06. The molecule has 4 rings (SSSR count). The number of anilines is 2. The molecular weight excluding hydrogens is 398 g/mol. The third kappa shape index (κ3) is 4.08. The molecule has 0 saturated carbocycles. The fourth-order valence-electron chi connectivity index (χ4n) is 3.28. The van der Waals surface area contributed by atoms with Gasteiger partial charge < -0.3 is 25.8 Å². The van der Waals surface area contributed by atoms with Crippen molar-refractivity contribution in [3.63, 3.8) is 0 Å². The van der Waals surface area contributed by atoms with Crippen LogP contribution in [0.2, 0.25) is 0 Å². The topological polar surface area (TPSA) is 132 Å². The first-order chi connectivity index (χ1) is 14.9. The van der Waals surface area contributed by atoms with Crippen molar-refractivity contribution in [1.29, 1.82) is 0 Å². The van der Waals surface area contributed by atoms with E-state index in [9.17, 15) is 19.5 Å². The number of hydrogen-bond donors (Lipinski definition) is 5. The van der Waals surface area contributed by atoms with E-state index in [4.69, 9.17) is 5.11 Å². The standard InChI is InChI=1S/C23H17N3O5/c27-19-6-2-5-17-20(19)18(12-24-21(17)28)14-3-1-4-16(11-14)26-23(31)25-15-9-7-13(8-10-15)22(29)30/h1-12,27H,(H,24,28)(H,29,30)(H2,25,26,31). The van der Waals surface area contributed by atoms with Crippen LogP contribution in [-0.2, 0) is 0 Å². The zero-order valence-corrected chi connectivity index (χ0v) is 16.0. The van der Waals surface area contributed by atoms with Gasteiger partial charge in [-0.3, -0.25) is 4.79 Å². The number of rotatable bonds is 4. The molecule has 154 valence electrons. The molecule has 0 aliphatic carbocycles. The van der Waals surface area contributed by atoms with Gasteiger partial charge in [0.15, 0.2) is 0 Å². The van der Waals surface area contributed by atoms with E-state index in [1.54, 1.807) is 36.4 Å². The number of hydrogen-bond acceptors (Lipinski definition) is 4. The molecule has 0 saturated heterocycles. The second-order valence-corrected chi connectivity index (χ2v) is 6.77. The van der Waals surface area contributed by atoms with Gasteiger partial charge in [-0.1, -0.05) is 18.2 Å². The summed E-state index contributed by atoms with van der Waals surface area (Å²) < 4.78 is 0. The van der Waals surface area contributed by atoms with Crippen molar-refractivity contribution in [2.24, 2.45) is 0 Å². The van der Waals surface area contributed by atoms with Crippen LogP contribution in [0.4, 0.5) is 16.2 Å². The van der Waals surface area contributed by atoms with Gasteiger partial charge in [-0.2, -0.15) is 0 Å². The zero-order chi connectivity index (χ0) is 22.0. The van der Waals surface area contributed by atoms with Crippen molar-refractivity contribution in [1.82, 2.24) is 4.98 Å². The molecule has 2 amide bonds. The van der Waals surface area contributed by atoms with Gasteiger partial charge in [0.25, 0.3) is 5.56 Å². The summed E-state index contributed by atoms with van der Waals surface area (Å²) in [7, 11) is 0. The molecule has 5 N–H and O–H groups in total. The quantitative estimate of drug-likeness (QED) is 0.340. The Morgan fingerprint density at radius 1 is 0.871 bits per heavy atom. The molecule has 4 aromatic rings. The first kappa shape index (κ1) is 19.7. The van der Waals surface area contributed by atoms with E-state index in [0.717, 1.165) is 0 Å². The lowest BCUT2D eigenvalue weighted by molar-refractivity contribution is 0.0697. The van der Waals surface area contributed by atoms with Crippen molar-refractivity contribution >= 4 is 34.1 Å². The van der Waals surface area contributed by atoms with Crippen LogP contribution in [0.1, 0.15) is 10.4 Å². The Morgan fingerprint density at radius 3 is 2.32 bits per heavy atom. The molecule has 0 atom stereocenters. The van der Waals surface area contributed by atoms with Gasteiger partial charge in [-0.05, 0) is 54.1 Å². The van der Waals surface area contributed by atoms with Crippen molar-refractivity contribution in [3.05, 3.63) is 88.8 Å². The van der Waals surface area contributed by atoms with E-state index >= 15 is 0 Å². The summed E-state index contributed by atoms with van der Waals surface area (Å²) in [4.78, 5) is 38.0. The summed E-state index contributed by atoms with van der Waals surface area (Å²) in [5, 5.41) is 25.4. The molecule has 8 nitrogen and oxygen atoms in total. The highest BCUT2D eigenvalue weighted by molar-refractivity contribution is 6.02. The van der Waals surface area contributed by atoms with Crippen molar-refractivity contribution < 1.29 is 19.8 Å². The minimum absolute atomic E-state index is 0.0143. The summed E-state index contributed by atoms with van der Waals surface area (Å²) in [6.45, 7) is 0. The molecular formula is C23H17N3O5. The maximum Gasteiger partial charge on any atom is 0.335 e. The average molecular weight is 415 g/mol. The minimum Gasteiger partial charge on any atom is -0.507 e. The number of aromatic nitrogens is 1. The van der Waals surface area contributed by atoms with Crippen LogP contribution < -0.4 is 16.2 Å². The van der Waals surface area contributed by atoms with Gasteiger partial charge >= 0.3 is 12.0 Å². The maximum atomic E-state index is 12.3. The van der Waals surface area contributed by atoms with Crippen molar-refractivity contribution in [2.75, 3.05) is 10.6 Å². The lowest BCUT2D eigenvalue weighted by Crippen LogP contribution is -2.19. The number of benzene rings is 3. The number of aromatic amines is 1. The SMILES string of the molecule is O=C(Nc1ccc(C(=O)O)cc1)Nc1cccc(-c2c[nH]c(=O)c3cccc(O)c23)c1. The van der Waals surface area contributed by atoms with Crippen LogP contribution in [0.5, 0.6) is 5.75 Å². The third-order valence-corrected chi connectivity index (χ3v) is 4.73. The Labute approximate surface area is 175 Å². The number of carbonyl (C=O) groups is 2. The summed E-state index contributed by atoms with van der Waals surface area (Å²) in [6, 6.07) is 17.0. The summed E-state index contributed by atoms with van der Waals surface area (Å²) >= 11 is 0. The van der Waals surface area contributed by atoms with E-state index < -0.39 is 12.0 Å². The number of carbonyl (C=O) groups excluding carboxylic acids is 1. The number of pyridine rings is 1. The molecule has 1 aromatic heterocycles. The fraction of sp³-hybridized carbons (Fsp3) is 0. The van der Waals surface area contributed by atoms with E-state index in [1.807, 2.05) is 0 Å². The van der Waals surface area contributed by atoms with E-state index in [-0.39, 0.29) is 16.9 Å². The van der Waals surface area contributed by atoms with E-state index in [1.165, 1.54) is 36.5 Å². The number of amides is 2. The van der Waals surface area contributed by atoms with Crippen LogP contribution >= 0.6 is 0 Å². The molecule has 31 heavy (non-hydrogen) atoms. The van der Waals surface area contributed by atoms with Crippen molar-refractivity contribution in [3.8, 4) is 16.9 Å². The number of H-pyrrole nitrogens is 1. The first-order valence-electron chi connectivity index (χ1n) is 9.27. The Bertz CT molecular complexity index is 1360. The molecule has 0 radical (unpaired) electrons. The number of carboxylic acids is 1. The molecule has 1 heterocycles. The number of aromatic hydroxyl groups is 1. The number of nitrogens with one attached hydrogen (secondary N) is 3. The van der Waals surface area contributed by atoms with Crippen LogP contribution in [0.25, 0.3) is 21.9 Å². The van der Waals surface area contributed by atoms with Gasteiger partial charge in [0.1, 0.15) is 5.75 Å². The highest BCUT2D eigenvalue weighted by Gasteiger charge is 2.12. The third-order valence-electron chi connectivity index (χ3n) is 4.73. The molecule has 0 unspecified atom stereocenters. The smallest absolute Gasteiger partial charge is 0.335 e. The second-order valence-electron chi connectivity index (χ2n) is 6.77. The summed E-state index contributed by atoms with van der Waals surface area (Å²) in [5.41, 5.74) is 2.04. The molecule has 8 heteroatoms. The van der Waals surface area contributed by atoms with Gasteiger partial charge in [-0.15, -0.1) is 0 Å². The highest BCUT2D eigenvalue weighted by atomic mass is 16.4. The Hall–Kier alpha value is -4.59. The molecule has 0 bridgehead atoms. The maximum absolute atomic E-state index is 12.3. The predicted octanol–water partition coefficient (Wildman–Crippen LogP) is 4.24. The van der Waals surface area contributed by atoms with E-state index in [0.29, 0.717) is 33.3 Å². The number of phenols is 1. The second kappa shape index (κ2) is 8.03. The Kier molecular flexibility index (Phi) is 5.11. The lowest BCUT2D eigenvalue weighted by atomic mass is 10.00. The molecule has 0 fully saturated rings. The Morgan fingerprint density at radius 2 is 1.58 bits per heavy atom. The van der Waals surface area contributed by atoms with E-state index in [2.05, 4.69) is 15.6 Å². The lowest BCUT2D eigenvalue weighted by Gasteiger charge is -2.11. The van der Waals surface area contributed by atoms with Gasteiger partial charge in [0.2, 0.25) is 0 Å². The average Bonchev–Trinajstić information content (AvgIpc) is 2.75. The first-order valence-corrected chi connectivity index (χ1v) is 9.27. The number of aromatic carboxylic acids is 1. The monoisotopic (exact) mass is 415 g/mol. The van der Waals surface area contributed by atoms with Gasteiger partial charge in [0.05, 0.1) is 10.9 Å². The normalized spacial score (nSPS) is 10.6. The molecule has 0 aliphatic heterocycles. The van der Waals surface area contributed by atoms with Gasteiger partial charge in [-0.25, -0.2) is 9.59 Å². The van der Waals surface area contributed by atoms with Crippen LogP contribution in [0.3, 0.4) is 0 Å². The van der Waals surface area contributed by atoms with Crippen LogP contribution in [0, 0.1) is 0 Å².